The molecule has 0 spiro atoms. The van der Waals surface area contributed by atoms with Crippen molar-refractivity contribution in [3.05, 3.63) is 65.5 Å². The van der Waals surface area contributed by atoms with Gasteiger partial charge in [-0.25, -0.2) is 0 Å². The van der Waals surface area contributed by atoms with Crippen LogP contribution in [0.5, 0.6) is 0 Å². The molecule has 3 aliphatic rings. The third kappa shape index (κ3) is 5.01. The van der Waals surface area contributed by atoms with Gasteiger partial charge in [0.25, 0.3) is 0 Å². The van der Waals surface area contributed by atoms with Crippen LogP contribution in [0.1, 0.15) is 30.4 Å². The molecule has 3 heterocycles. The Morgan fingerprint density at radius 3 is 2.60 bits per heavy atom. The van der Waals surface area contributed by atoms with Crippen molar-refractivity contribution >= 4 is 18.1 Å². The highest BCUT2D eigenvalue weighted by atomic mass is 15.5. The average Bonchev–Trinajstić information content (AvgIpc) is 3.39. The fourth-order valence-corrected chi connectivity index (χ4v) is 5.15. The van der Waals surface area contributed by atoms with Crippen LogP contribution in [0.15, 0.2) is 64.5 Å². The Morgan fingerprint density at radius 2 is 1.80 bits per heavy atom. The fraction of sp³-hybridized carbons (Fsp3) is 0.414. The summed E-state index contributed by atoms with van der Waals surface area (Å²) in [7, 11) is 2.19. The third-order valence-electron chi connectivity index (χ3n) is 7.59. The van der Waals surface area contributed by atoms with Gasteiger partial charge in [-0.3, -0.25) is 10.0 Å². The molecule has 1 saturated heterocycles. The van der Waals surface area contributed by atoms with Gasteiger partial charge in [-0.05, 0) is 61.7 Å². The molecular formula is C29H34N6. The van der Waals surface area contributed by atoms with Gasteiger partial charge in [-0.2, -0.15) is 10.4 Å². The van der Waals surface area contributed by atoms with Crippen molar-refractivity contribution < 1.29 is 0 Å². The maximum atomic E-state index is 9.32. The summed E-state index contributed by atoms with van der Waals surface area (Å²) in [6.07, 6.45) is 7.32. The molecular weight excluding hydrogens is 432 g/mol. The summed E-state index contributed by atoms with van der Waals surface area (Å²) in [5, 5.41) is 16.3. The lowest BCUT2D eigenvalue weighted by Crippen LogP contribution is -2.44. The number of rotatable bonds is 5. The fourth-order valence-electron chi connectivity index (χ4n) is 5.15. The first-order chi connectivity index (χ1) is 17.0. The second-order valence-corrected chi connectivity index (χ2v) is 10.1. The normalized spacial score (nSPS) is 23.3. The van der Waals surface area contributed by atoms with E-state index in [1.165, 1.54) is 11.3 Å². The Kier molecular flexibility index (Phi) is 6.70. The Bertz CT molecular complexity index is 1200. The van der Waals surface area contributed by atoms with Crippen LogP contribution in [0.4, 0.5) is 5.69 Å². The van der Waals surface area contributed by atoms with Gasteiger partial charge in [0, 0.05) is 62.3 Å². The summed E-state index contributed by atoms with van der Waals surface area (Å²) < 4.78 is 0. The smallest absolute Gasteiger partial charge is 0.0700 e. The molecule has 3 aliphatic heterocycles. The summed E-state index contributed by atoms with van der Waals surface area (Å²) in [4.78, 5) is 9.52. The topological polar surface area (TPSA) is 58.2 Å². The molecule has 1 fully saturated rings. The van der Waals surface area contributed by atoms with Crippen LogP contribution in [0, 0.1) is 30.1 Å². The summed E-state index contributed by atoms with van der Waals surface area (Å²) in [5.74, 6) is 0.597. The average molecular weight is 467 g/mol. The standard InChI is InChI=1S/C29H34N6/c1-21-7-8-25(24-6-4-5-23(13-24)22(2)16-30)15-29(21)35-20-27(18-32-35)26-14-28(19-31-17-26)34-11-9-33(3)10-12-34/h4-8,13,15,17-19,22,26-27H,9-12,14,20H2,1-3H3. The number of nitriles is 1. The number of anilines is 1. The Morgan fingerprint density at radius 1 is 1.00 bits per heavy atom. The lowest BCUT2D eigenvalue weighted by Gasteiger charge is -2.37. The van der Waals surface area contributed by atoms with Gasteiger partial charge in [-0.15, -0.1) is 0 Å². The molecule has 3 unspecified atom stereocenters. The van der Waals surface area contributed by atoms with Crippen LogP contribution in [-0.4, -0.2) is 62.0 Å². The van der Waals surface area contributed by atoms with E-state index in [0.29, 0.717) is 11.8 Å². The highest BCUT2D eigenvalue weighted by molar-refractivity contribution is 5.78. The van der Waals surface area contributed by atoms with Crippen molar-refractivity contribution in [3.8, 4) is 17.2 Å². The lowest BCUT2D eigenvalue weighted by atomic mass is 9.88. The molecule has 6 heteroatoms. The van der Waals surface area contributed by atoms with E-state index >= 15 is 0 Å². The second kappa shape index (κ2) is 10.1. The highest BCUT2D eigenvalue weighted by Crippen LogP contribution is 2.34. The number of allylic oxidation sites excluding steroid dienone is 1. The summed E-state index contributed by atoms with van der Waals surface area (Å²) in [5.41, 5.74) is 7.04. The number of likely N-dealkylation sites (N-methyl/N-ethyl adjacent to an activating group) is 1. The van der Waals surface area contributed by atoms with E-state index in [1.807, 2.05) is 19.1 Å². The number of aliphatic imine (C=N–C) groups is 1. The minimum atomic E-state index is -0.120. The summed E-state index contributed by atoms with van der Waals surface area (Å²) in [6.45, 7) is 9.33. The van der Waals surface area contributed by atoms with Crippen molar-refractivity contribution in [2.45, 2.75) is 26.2 Å². The van der Waals surface area contributed by atoms with Crippen molar-refractivity contribution in [1.82, 2.24) is 9.80 Å². The number of piperazine rings is 1. The van der Waals surface area contributed by atoms with Crippen molar-refractivity contribution in [1.29, 1.82) is 5.26 Å². The van der Waals surface area contributed by atoms with Crippen LogP contribution >= 0.6 is 0 Å². The predicted molar refractivity (Wildman–Crippen MR) is 144 cm³/mol. The molecule has 0 amide bonds. The molecule has 5 rings (SSSR count). The lowest BCUT2D eigenvalue weighted by molar-refractivity contribution is 0.179. The van der Waals surface area contributed by atoms with Crippen molar-refractivity contribution in [2.75, 3.05) is 44.8 Å². The zero-order valence-electron chi connectivity index (χ0n) is 20.9. The number of hydrazone groups is 1. The van der Waals surface area contributed by atoms with Gasteiger partial charge in [0.1, 0.15) is 0 Å². The molecule has 2 aromatic carbocycles. The monoisotopic (exact) mass is 466 g/mol. The minimum Gasteiger partial charge on any atom is -0.371 e. The van der Waals surface area contributed by atoms with Crippen molar-refractivity contribution in [3.63, 3.8) is 0 Å². The molecule has 0 saturated carbocycles. The van der Waals surface area contributed by atoms with Crippen LogP contribution in [0.25, 0.3) is 11.1 Å². The van der Waals surface area contributed by atoms with Crippen molar-refractivity contribution in [2.24, 2.45) is 21.9 Å². The molecule has 3 atom stereocenters. The summed E-state index contributed by atoms with van der Waals surface area (Å²) in [6, 6.07) is 17.2. The molecule has 6 nitrogen and oxygen atoms in total. The first-order valence-corrected chi connectivity index (χ1v) is 12.6. The number of nitrogens with zero attached hydrogens (tertiary/aromatic N) is 6. The first-order valence-electron chi connectivity index (χ1n) is 12.6. The minimum absolute atomic E-state index is 0.120. The molecule has 0 N–H and O–H groups in total. The SMILES string of the molecule is Cc1ccc(-c2cccc(C(C)C#N)c2)cc1N1CC(C2C=NC=C(N3CCN(C)CC3)C2)C=N1. The van der Waals surface area contributed by atoms with E-state index in [9.17, 15) is 5.26 Å². The molecule has 0 aromatic heterocycles. The van der Waals surface area contributed by atoms with E-state index < -0.39 is 0 Å². The largest absolute Gasteiger partial charge is 0.371 e. The van der Waals surface area contributed by atoms with Gasteiger partial charge >= 0.3 is 0 Å². The third-order valence-corrected chi connectivity index (χ3v) is 7.59. The van der Waals surface area contributed by atoms with Gasteiger partial charge < -0.3 is 9.80 Å². The van der Waals surface area contributed by atoms with E-state index in [-0.39, 0.29) is 5.92 Å². The molecule has 2 aromatic rings. The molecule has 35 heavy (non-hydrogen) atoms. The second-order valence-electron chi connectivity index (χ2n) is 10.1. The maximum absolute atomic E-state index is 9.32. The van der Waals surface area contributed by atoms with E-state index in [4.69, 9.17) is 5.10 Å². The van der Waals surface area contributed by atoms with Gasteiger partial charge in [-0.1, -0.05) is 30.3 Å². The zero-order chi connectivity index (χ0) is 24.4. The van der Waals surface area contributed by atoms with Crippen LogP contribution in [-0.2, 0) is 0 Å². The van der Waals surface area contributed by atoms with E-state index in [0.717, 1.165) is 61.5 Å². The van der Waals surface area contributed by atoms with Gasteiger partial charge in [0.2, 0.25) is 0 Å². The quantitative estimate of drug-likeness (QED) is 0.630. The molecule has 0 radical (unpaired) electrons. The van der Waals surface area contributed by atoms with E-state index in [2.05, 4.69) is 88.8 Å². The Balaban J connectivity index is 1.29. The first kappa shape index (κ1) is 23.3. The molecule has 0 bridgehead atoms. The Hall–Kier alpha value is -3.43. The van der Waals surface area contributed by atoms with Crippen LogP contribution < -0.4 is 5.01 Å². The van der Waals surface area contributed by atoms with Crippen LogP contribution in [0.3, 0.4) is 0 Å². The summed E-state index contributed by atoms with van der Waals surface area (Å²) >= 11 is 0. The van der Waals surface area contributed by atoms with Gasteiger partial charge in [0.05, 0.1) is 24.2 Å². The Labute approximate surface area is 208 Å². The van der Waals surface area contributed by atoms with Crippen LogP contribution in [0.2, 0.25) is 0 Å². The number of aryl methyl sites for hydroxylation is 1. The molecule has 0 aliphatic carbocycles. The number of benzene rings is 2. The zero-order valence-corrected chi connectivity index (χ0v) is 20.9. The number of hydrogen-bond acceptors (Lipinski definition) is 6. The van der Waals surface area contributed by atoms with E-state index in [1.54, 1.807) is 0 Å². The predicted octanol–water partition coefficient (Wildman–Crippen LogP) is 4.89. The van der Waals surface area contributed by atoms with Gasteiger partial charge in [0.15, 0.2) is 0 Å². The molecule has 180 valence electrons. The maximum Gasteiger partial charge on any atom is 0.0700 e. The highest BCUT2D eigenvalue weighted by Gasteiger charge is 2.30. The number of hydrogen-bond donors (Lipinski definition) is 0.